The van der Waals surface area contributed by atoms with Crippen LogP contribution in [-0.2, 0) is 4.74 Å². The Morgan fingerprint density at radius 2 is 2.09 bits per heavy atom. The van der Waals surface area contributed by atoms with Gasteiger partial charge < -0.3 is 14.8 Å². The maximum absolute atomic E-state index is 11.5. The SMILES string of the molecule is COC(=O)c1cscc1NCCCCOc1ccccc1Cl. The number of ether oxygens (including phenoxy) is 2. The number of unbranched alkanes of at least 4 members (excludes halogenated alkanes) is 1. The fraction of sp³-hybridized carbons (Fsp3) is 0.312. The van der Waals surface area contributed by atoms with Gasteiger partial charge in [0.05, 0.1) is 30.0 Å². The number of methoxy groups -OCH3 is 1. The Balaban J connectivity index is 1.67. The van der Waals surface area contributed by atoms with Gasteiger partial charge >= 0.3 is 5.97 Å². The van der Waals surface area contributed by atoms with Crippen molar-refractivity contribution in [2.24, 2.45) is 0 Å². The average molecular weight is 340 g/mol. The molecule has 1 aromatic heterocycles. The van der Waals surface area contributed by atoms with Crippen LogP contribution in [0.25, 0.3) is 0 Å². The molecule has 0 aliphatic heterocycles. The molecule has 1 aromatic carbocycles. The first kappa shape index (κ1) is 16.6. The van der Waals surface area contributed by atoms with Crippen molar-refractivity contribution < 1.29 is 14.3 Å². The van der Waals surface area contributed by atoms with Gasteiger partial charge in [-0.15, -0.1) is 11.3 Å². The molecule has 2 rings (SSSR count). The molecule has 0 aliphatic carbocycles. The summed E-state index contributed by atoms with van der Waals surface area (Å²) in [6.07, 6.45) is 1.83. The van der Waals surface area contributed by atoms with Gasteiger partial charge in [-0.3, -0.25) is 0 Å². The number of carbonyl (C=O) groups is 1. The first-order valence-electron chi connectivity index (χ1n) is 6.98. The normalized spacial score (nSPS) is 10.3. The number of hydrogen-bond donors (Lipinski definition) is 1. The average Bonchev–Trinajstić information content (AvgIpc) is 3.00. The van der Waals surface area contributed by atoms with Crippen LogP contribution in [-0.4, -0.2) is 26.2 Å². The van der Waals surface area contributed by atoms with Crippen molar-refractivity contribution in [3.8, 4) is 5.75 Å². The lowest BCUT2D eigenvalue weighted by Crippen LogP contribution is -2.08. The maximum Gasteiger partial charge on any atom is 0.340 e. The zero-order chi connectivity index (χ0) is 15.8. The molecule has 0 radical (unpaired) electrons. The third-order valence-electron chi connectivity index (χ3n) is 3.05. The van der Waals surface area contributed by atoms with E-state index in [0.29, 0.717) is 22.9 Å². The molecule has 0 bridgehead atoms. The molecule has 0 spiro atoms. The summed E-state index contributed by atoms with van der Waals surface area (Å²) in [5.41, 5.74) is 1.41. The lowest BCUT2D eigenvalue weighted by molar-refractivity contribution is 0.0602. The van der Waals surface area contributed by atoms with Crippen molar-refractivity contribution in [1.29, 1.82) is 0 Å². The van der Waals surface area contributed by atoms with E-state index in [1.807, 2.05) is 29.6 Å². The zero-order valence-electron chi connectivity index (χ0n) is 12.3. The summed E-state index contributed by atoms with van der Waals surface area (Å²) in [5, 5.41) is 7.57. The van der Waals surface area contributed by atoms with Crippen LogP contribution in [0, 0.1) is 0 Å². The second-order valence-corrected chi connectivity index (χ2v) is 5.75. The van der Waals surface area contributed by atoms with E-state index in [0.717, 1.165) is 25.1 Å². The van der Waals surface area contributed by atoms with Crippen molar-refractivity contribution >= 4 is 34.6 Å². The third kappa shape index (κ3) is 4.64. The van der Waals surface area contributed by atoms with Crippen LogP contribution >= 0.6 is 22.9 Å². The number of thiophene rings is 1. The lowest BCUT2D eigenvalue weighted by atomic mass is 10.2. The minimum absolute atomic E-state index is 0.314. The van der Waals surface area contributed by atoms with Crippen molar-refractivity contribution in [3.05, 3.63) is 45.6 Å². The Hall–Kier alpha value is -1.72. The number of carbonyl (C=O) groups excluding carboxylic acids is 1. The zero-order valence-corrected chi connectivity index (χ0v) is 13.9. The van der Waals surface area contributed by atoms with Crippen molar-refractivity contribution in [2.75, 3.05) is 25.6 Å². The first-order valence-corrected chi connectivity index (χ1v) is 8.30. The van der Waals surface area contributed by atoms with Crippen LogP contribution in [0.3, 0.4) is 0 Å². The highest BCUT2D eigenvalue weighted by Crippen LogP contribution is 2.23. The topological polar surface area (TPSA) is 47.6 Å². The van der Waals surface area contributed by atoms with Crippen LogP contribution in [0.5, 0.6) is 5.75 Å². The minimum Gasteiger partial charge on any atom is -0.492 e. The predicted molar refractivity (Wildman–Crippen MR) is 90.3 cm³/mol. The van der Waals surface area contributed by atoms with E-state index >= 15 is 0 Å². The molecule has 4 nitrogen and oxygen atoms in total. The summed E-state index contributed by atoms with van der Waals surface area (Å²) in [5.74, 6) is 0.397. The molecule has 0 fully saturated rings. The summed E-state index contributed by atoms with van der Waals surface area (Å²) in [6.45, 7) is 1.38. The Morgan fingerprint density at radius 1 is 1.27 bits per heavy atom. The lowest BCUT2D eigenvalue weighted by Gasteiger charge is -2.09. The molecule has 118 valence electrons. The van der Waals surface area contributed by atoms with Gasteiger partial charge in [-0.05, 0) is 25.0 Å². The highest BCUT2D eigenvalue weighted by Gasteiger charge is 2.12. The van der Waals surface area contributed by atoms with Gasteiger partial charge in [0.15, 0.2) is 0 Å². The Kier molecular flexibility index (Phi) is 6.55. The summed E-state index contributed by atoms with van der Waals surface area (Å²) in [7, 11) is 1.38. The van der Waals surface area contributed by atoms with E-state index in [2.05, 4.69) is 5.32 Å². The number of esters is 1. The van der Waals surface area contributed by atoms with Crippen molar-refractivity contribution in [1.82, 2.24) is 0 Å². The van der Waals surface area contributed by atoms with E-state index in [9.17, 15) is 4.79 Å². The number of anilines is 1. The van der Waals surface area contributed by atoms with Gasteiger partial charge in [0.2, 0.25) is 0 Å². The number of halogens is 1. The second kappa shape index (κ2) is 8.66. The number of hydrogen-bond acceptors (Lipinski definition) is 5. The van der Waals surface area contributed by atoms with Crippen LogP contribution in [0.15, 0.2) is 35.0 Å². The molecule has 0 unspecified atom stereocenters. The molecular weight excluding hydrogens is 322 g/mol. The summed E-state index contributed by atoms with van der Waals surface area (Å²) >= 11 is 7.49. The molecule has 0 atom stereocenters. The molecule has 2 aromatic rings. The minimum atomic E-state index is -0.314. The smallest absolute Gasteiger partial charge is 0.340 e. The number of benzene rings is 1. The quantitative estimate of drug-likeness (QED) is 0.570. The molecule has 1 N–H and O–H groups in total. The van der Waals surface area contributed by atoms with Gasteiger partial charge in [0.25, 0.3) is 0 Å². The molecule has 22 heavy (non-hydrogen) atoms. The first-order chi connectivity index (χ1) is 10.7. The van der Waals surface area contributed by atoms with Crippen LogP contribution in [0.1, 0.15) is 23.2 Å². The van der Waals surface area contributed by atoms with Gasteiger partial charge in [-0.1, -0.05) is 23.7 Å². The van der Waals surface area contributed by atoms with Crippen molar-refractivity contribution in [3.63, 3.8) is 0 Å². The van der Waals surface area contributed by atoms with Gasteiger partial charge in [0.1, 0.15) is 5.75 Å². The maximum atomic E-state index is 11.5. The van der Waals surface area contributed by atoms with E-state index in [1.54, 1.807) is 5.38 Å². The summed E-state index contributed by atoms with van der Waals surface area (Å²) in [4.78, 5) is 11.5. The molecule has 0 amide bonds. The van der Waals surface area contributed by atoms with E-state index in [4.69, 9.17) is 21.1 Å². The number of para-hydroxylation sites is 1. The van der Waals surface area contributed by atoms with Gasteiger partial charge in [-0.25, -0.2) is 4.79 Å². The molecule has 0 saturated carbocycles. The Morgan fingerprint density at radius 3 is 2.86 bits per heavy atom. The fourth-order valence-corrected chi connectivity index (χ4v) is 2.86. The second-order valence-electron chi connectivity index (χ2n) is 4.60. The summed E-state index contributed by atoms with van der Waals surface area (Å²) < 4.78 is 10.4. The third-order valence-corrected chi connectivity index (χ3v) is 4.10. The summed E-state index contributed by atoms with van der Waals surface area (Å²) in [6, 6.07) is 7.43. The molecule has 6 heteroatoms. The molecule has 0 saturated heterocycles. The Bertz CT molecular complexity index is 615. The van der Waals surface area contributed by atoms with Crippen molar-refractivity contribution in [2.45, 2.75) is 12.8 Å². The van der Waals surface area contributed by atoms with E-state index in [-0.39, 0.29) is 5.97 Å². The van der Waals surface area contributed by atoms with Gasteiger partial charge in [0, 0.05) is 17.3 Å². The number of rotatable bonds is 8. The van der Waals surface area contributed by atoms with E-state index in [1.165, 1.54) is 18.4 Å². The van der Waals surface area contributed by atoms with Crippen LogP contribution in [0.4, 0.5) is 5.69 Å². The molecular formula is C16H18ClNO3S. The molecule has 1 heterocycles. The highest BCUT2D eigenvalue weighted by molar-refractivity contribution is 7.08. The Labute approximate surface area is 139 Å². The fourth-order valence-electron chi connectivity index (χ4n) is 1.90. The standard InChI is InChI=1S/C16H18ClNO3S/c1-20-16(19)12-10-22-11-14(12)18-8-4-5-9-21-15-7-3-2-6-13(15)17/h2-3,6-7,10-11,18H,4-5,8-9H2,1H3. The van der Waals surface area contributed by atoms with E-state index < -0.39 is 0 Å². The molecule has 0 aliphatic rings. The predicted octanol–water partition coefficient (Wildman–Crippen LogP) is 4.46. The monoisotopic (exact) mass is 339 g/mol. The van der Waals surface area contributed by atoms with Crippen LogP contribution in [0.2, 0.25) is 5.02 Å². The largest absolute Gasteiger partial charge is 0.492 e. The van der Waals surface area contributed by atoms with Crippen LogP contribution < -0.4 is 10.1 Å². The highest BCUT2D eigenvalue weighted by atomic mass is 35.5. The number of nitrogens with one attached hydrogen (secondary N) is 1. The van der Waals surface area contributed by atoms with Gasteiger partial charge in [-0.2, -0.15) is 0 Å².